The second kappa shape index (κ2) is 8.37. The average molecular weight is 382 g/mol. The molecule has 0 aliphatic carbocycles. The topological polar surface area (TPSA) is 84.3 Å². The Kier molecular flexibility index (Phi) is 5.92. The third-order valence-corrected chi connectivity index (χ3v) is 4.85. The van der Waals surface area contributed by atoms with E-state index in [9.17, 15) is 14.4 Å². The normalized spacial score (nSPS) is 15.6. The lowest BCUT2D eigenvalue weighted by molar-refractivity contribution is -0.121. The quantitative estimate of drug-likeness (QED) is 0.828. The van der Waals surface area contributed by atoms with Gasteiger partial charge < -0.3 is 10.2 Å². The molecule has 2 amide bonds. The van der Waals surface area contributed by atoms with Gasteiger partial charge in [-0.05, 0) is 43.4 Å². The SMILES string of the molecule is CC(C)CCNC(=O)Cn1nc(C(=O)N2c3ccccc3CC2C)ccc1=O. The highest BCUT2D eigenvalue weighted by Crippen LogP contribution is 2.32. The number of para-hydroxylation sites is 1. The van der Waals surface area contributed by atoms with Crippen LogP contribution in [0.2, 0.25) is 0 Å². The monoisotopic (exact) mass is 382 g/mol. The van der Waals surface area contributed by atoms with Crippen LogP contribution in [0.5, 0.6) is 0 Å². The van der Waals surface area contributed by atoms with E-state index < -0.39 is 5.56 Å². The first-order chi connectivity index (χ1) is 13.4. The number of benzene rings is 1. The van der Waals surface area contributed by atoms with Crippen molar-refractivity contribution in [3.05, 3.63) is 58.0 Å². The Labute approximate surface area is 164 Å². The molecule has 0 bridgehead atoms. The highest BCUT2D eigenvalue weighted by molar-refractivity contribution is 6.06. The third-order valence-electron chi connectivity index (χ3n) is 4.85. The molecule has 1 unspecified atom stereocenters. The van der Waals surface area contributed by atoms with Crippen molar-refractivity contribution in [2.24, 2.45) is 5.92 Å². The smallest absolute Gasteiger partial charge is 0.278 e. The number of hydrogen-bond donors (Lipinski definition) is 1. The van der Waals surface area contributed by atoms with Crippen molar-refractivity contribution in [1.82, 2.24) is 15.1 Å². The molecule has 1 N–H and O–H groups in total. The Balaban J connectivity index is 1.77. The highest BCUT2D eigenvalue weighted by Gasteiger charge is 2.32. The molecule has 2 aromatic rings. The summed E-state index contributed by atoms with van der Waals surface area (Å²) in [5, 5.41) is 6.94. The minimum atomic E-state index is -0.412. The van der Waals surface area contributed by atoms with Crippen LogP contribution in [0.4, 0.5) is 5.69 Å². The maximum Gasteiger partial charge on any atom is 0.278 e. The van der Waals surface area contributed by atoms with Gasteiger partial charge in [0, 0.05) is 24.3 Å². The summed E-state index contributed by atoms with van der Waals surface area (Å²) >= 11 is 0. The molecule has 1 aromatic carbocycles. The summed E-state index contributed by atoms with van der Waals surface area (Å²) in [6.45, 7) is 6.47. The van der Waals surface area contributed by atoms with E-state index in [1.807, 2.05) is 31.2 Å². The van der Waals surface area contributed by atoms with Crippen molar-refractivity contribution < 1.29 is 9.59 Å². The molecule has 1 aliphatic rings. The van der Waals surface area contributed by atoms with Gasteiger partial charge >= 0.3 is 0 Å². The predicted octanol–water partition coefficient (Wildman–Crippen LogP) is 2.00. The van der Waals surface area contributed by atoms with Crippen molar-refractivity contribution in [2.45, 2.75) is 46.2 Å². The van der Waals surface area contributed by atoms with Crippen LogP contribution in [0.15, 0.2) is 41.2 Å². The Morgan fingerprint density at radius 1 is 1.21 bits per heavy atom. The molecule has 28 heavy (non-hydrogen) atoms. The van der Waals surface area contributed by atoms with Gasteiger partial charge in [0.2, 0.25) is 5.91 Å². The number of carbonyl (C=O) groups excluding carboxylic acids is 2. The van der Waals surface area contributed by atoms with Gasteiger partial charge in [0.25, 0.3) is 11.5 Å². The fourth-order valence-electron chi connectivity index (χ4n) is 3.37. The summed E-state index contributed by atoms with van der Waals surface area (Å²) in [6.07, 6.45) is 1.64. The largest absolute Gasteiger partial charge is 0.354 e. The molecule has 0 fully saturated rings. The van der Waals surface area contributed by atoms with Crippen LogP contribution in [-0.4, -0.2) is 34.2 Å². The van der Waals surface area contributed by atoms with Crippen LogP contribution >= 0.6 is 0 Å². The number of rotatable bonds is 6. The zero-order valence-electron chi connectivity index (χ0n) is 16.5. The predicted molar refractivity (Wildman–Crippen MR) is 107 cm³/mol. The number of hydrogen-bond acceptors (Lipinski definition) is 4. The number of amides is 2. The van der Waals surface area contributed by atoms with Crippen molar-refractivity contribution in [1.29, 1.82) is 0 Å². The molecule has 2 heterocycles. The fraction of sp³-hybridized carbons (Fsp3) is 0.429. The van der Waals surface area contributed by atoms with Gasteiger partial charge in [-0.15, -0.1) is 0 Å². The van der Waals surface area contributed by atoms with Crippen LogP contribution in [0.1, 0.15) is 43.2 Å². The Morgan fingerprint density at radius 3 is 2.71 bits per heavy atom. The summed E-state index contributed by atoms with van der Waals surface area (Å²) in [5.41, 5.74) is 1.72. The molecule has 1 atom stereocenters. The summed E-state index contributed by atoms with van der Waals surface area (Å²) < 4.78 is 1.05. The Morgan fingerprint density at radius 2 is 1.96 bits per heavy atom. The molecular formula is C21H26N4O3. The van der Waals surface area contributed by atoms with E-state index in [2.05, 4.69) is 24.3 Å². The lowest BCUT2D eigenvalue weighted by atomic mass is 10.1. The molecule has 0 radical (unpaired) electrons. The molecular weight excluding hydrogens is 356 g/mol. The Hall–Kier alpha value is -2.96. The number of anilines is 1. The molecule has 1 aliphatic heterocycles. The number of nitrogens with one attached hydrogen (secondary N) is 1. The number of nitrogens with zero attached hydrogens (tertiary/aromatic N) is 3. The van der Waals surface area contributed by atoms with Gasteiger partial charge in [-0.2, -0.15) is 5.10 Å². The molecule has 0 spiro atoms. The second-order valence-corrected chi connectivity index (χ2v) is 7.60. The molecule has 0 saturated heterocycles. The van der Waals surface area contributed by atoms with E-state index in [0.29, 0.717) is 12.5 Å². The fourth-order valence-corrected chi connectivity index (χ4v) is 3.37. The highest BCUT2D eigenvalue weighted by atomic mass is 16.2. The van der Waals surface area contributed by atoms with E-state index in [4.69, 9.17) is 0 Å². The van der Waals surface area contributed by atoms with Crippen molar-refractivity contribution in [3.63, 3.8) is 0 Å². The van der Waals surface area contributed by atoms with Gasteiger partial charge in [-0.1, -0.05) is 32.0 Å². The lowest BCUT2D eigenvalue weighted by Gasteiger charge is -2.22. The van der Waals surface area contributed by atoms with Gasteiger partial charge in [0.15, 0.2) is 0 Å². The molecule has 148 valence electrons. The Bertz CT molecular complexity index is 935. The molecule has 3 rings (SSSR count). The summed E-state index contributed by atoms with van der Waals surface area (Å²) in [7, 11) is 0. The first-order valence-electron chi connectivity index (χ1n) is 9.63. The van der Waals surface area contributed by atoms with E-state index in [1.54, 1.807) is 4.90 Å². The number of carbonyl (C=O) groups is 2. The van der Waals surface area contributed by atoms with Crippen LogP contribution in [-0.2, 0) is 17.8 Å². The summed E-state index contributed by atoms with van der Waals surface area (Å²) in [6, 6.07) is 10.5. The summed E-state index contributed by atoms with van der Waals surface area (Å²) in [4.78, 5) is 39.0. The zero-order valence-corrected chi connectivity index (χ0v) is 16.5. The number of aromatic nitrogens is 2. The van der Waals surface area contributed by atoms with Gasteiger partial charge in [0.1, 0.15) is 12.2 Å². The minimum Gasteiger partial charge on any atom is -0.354 e. The minimum absolute atomic E-state index is 0.00594. The maximum absolute atomic E-state index is 13.1. The van der Waals surface area contributed by atoms with Gasteiger partial charge in [0.05, 0.1) is 0 Å². The first-order valence-corrected chi connectivity index (χ1v) is 9.63. The maximum atomic E-state index is 13.1. The summed E-state index contributed by atoms with van der Waals surface area (Å²) in [5.74, 6) is -0.0847. The van der Waals surface area contributed by atoms with Crippen LogP contribution in [0, 0.1) is 5.92 Å². The van der Waals surface area contributed by atoms with E-state index in [1.165, 1.54) is 12.1 Å². The van der Waals surface area contributed by atoms with Crippen LogP contribution < -0.4 is 15.8 Å². The van der Waals surface area contributed by atoms with E-state index in [0.717, 1.165) is 28.8 Å². The molecule has 7 heteroatoms. The van der Waals surface area contributed by atoms with Crippen LogP contribution in [0.25, 0.3) is 0 Å². The van der Waals surface area contributed by atoms with E-state index >= 15 is 0 Å². The van der Waals surface area contributed by atoms with E-state index in [-0.39, 0.29) is 30.1 Å². The van der Waals surface area contributed by atoms with Crippen LogP contribution in [0.3, 0.4) is 0 Å². The zero-order chi connectivity index (χ0) is 20.3. The first kappa shape index (κ1) is 19.8. The standard InChI is InChI=1S/C21H26N4O3/c1-14(2)10-11-22-19(26)13-24-20(27)9-8-17(23-24)21(28)25-15(3)12-16-6-4-5-7-18(16)25/h4-9,14-15H,10-13H2,1-3H3,(H,22,26). The van der Waals surface area contributed by atoms with Gasteiger partial charge in [-0.25, -0.2) is 4.68 Å². The molecule has 0 saturated carbocycles. The average Bonchev–Trinajstić information content (AvgIpc) is 2.98. The molecule has 7 nitrogen and oxygen atoms in total. The van der Waals surface area contributed by atoms with Crippen molar-refractivity contribution in [3.8, 4) is 0 Å². The number of fused-ring (bicyclic) bond motifs is 1. The molecule has 1 aromatic heterocycles. The van der Waals surface area contributed by atoms with Crippen molar-refractivity contribution >= 4 is 17.5 Å². The van der Waals surface area contributed by atoms with Gasteiger partial charge in [-0.3, -0.25) is 14.4 Å². The van der Waals surface area contributed by atoms with Crippen molar-refractivity contribution in [2.75, 3.05) is 11.4 Å². The third kappa shape index (κ3) is 4.30. The second-order valence-electron chi connectivity index (χ2n) is 7.60. The lowest BCUT2D eigenvalue weighted by Crippen LogP contribution is -2.39.